The molecule has 2 aromatic carbocycles. The third kappa shape index (κ3) is 7.11. The second-order valence-electron chi connectivity index (χ2n) is 6.25. The molecule has 0 aliphatic carbocycles. The van der Waals surface area contributed by atoms with Crippen molar-refractivity contribution in [1.29, 1.82) is 0 Å². The molecule has 0 heterocycles. The van der Waals surface area contributed by atoms with E-state index < -0.39 is 50.0 Å². The molecule has 2 amide bonds. The Kier molecular flexibility index (Phi) is 8.47. The first kappa shape index (κ1) is 25.4. The van der Waals surface area contributed by atoms with Gasteiger partial charge < -0.3 is 4.74 Å². The van der Waals surface area contributed by atoms with Gasteiger partial charge in [0.25, 0.3) is 5.91 Å². The van der Waals surface area contributed by atoms with E-state index >= 15 is 0 Å². The van der Waals surface area contributed by atoms with Gasteiger partial charge in [-0.3, -0.25) is 20.4 Å². The highest BCUT2D eigenvalue weighted by molar-refractivity contribution is 7.89. The number of amides is 2. The van der Waals surface area contributed by atoms with Crippen LogP contribution in [-0.4, -0.2) is 33.4 Å². The van der Waals surface area contributed by atoms with Crippen LogP contribution in [0, 0.1) is 0 Å². The predicted molar refractivity (Wildman–Crippen MR) is 109 cm³/mol. The molecule has 0 atom stereocenters. The first-order chi connectivity index (χ1) is 14.9. The van der Waals surface area contributed by atoms with Crippen LogP contribution in [0.5, 0.6) is 5.75 Å². The molecule has 13 heteroatoms. The van der Waals surface area contributed by atoms with Crippen molar-refractivity contribution < 1.29 is 35.9 Å². The molecule has 32 heavy (non-hydrogen) atoms. The monoisotopic (exact) mass is 493 g/mol. The highest BCUT2D eigenvalue weighted by Gasteiger charge is 2.34. The molecule has 2 aromatic rings. The number of ether oxygens (including phenoxy) is 1. The minimum Gasteiger partial charge on any atom is -0.494 e. The highest BCUT2D eigenvalue weighted by Crippen LogP contribution is 2.35. The SMILES string of the molecule is CCOc1ccc(C(=O)NNC(=O)CCNS(=O)(=O)c2ccc(Cl)c(C(F)(F)F)c2)cc1. The maximum atomic E-state index is 12.9. The van der Waals surface area contributed by atoms with E-state index in [1.54, 1.807) is 12.1 Å². The lowest BCUT2D eigenvalue weighted by molar-refractivity contribution is -0.137. The Hall–Kier alpha value is -2.83. The Morgan fingerprint density at radius 2 is 1.72 bits per heavy atom. The standard InChI is InChI=1S/C19H19ClF3N3O5S/c1-2-31-13-5-3-12(4-6-13)18(28)26-25-17(27)9-10-24-32(29,30)14-7-8-16(20)15(11-14)19(21,22)23/h3-8,11,24H,2,9-10H2,1H3,(H,25,27)(H,26,28). The first-order valence-electron chi connectivity index (χ1n) is 9.12. The summed E-state index contributed by atoms with van der Waals surface area (Å²) in [6, 6.07) is 8.27. The topological polar surface area (TPSA) is 114 Å². The molecule has 0 unspecified atom stereocenters. The van der Waals surface area contributed by atoms with Gasteiger partial charge in [-0.2, -0.15) is 13.2 Å². The van der Waals surface area contributed by atoms with Gasteiger partial charge in [0.15, 0.2) is 0 Å². The lowest BCUT2D eigenvalue weighted by Gasteiger charge is -2.12. The summed E-state index contributed by atoms with van der Waals surface area (Å²) in [6.45, 7) is 1.86. The second kappa shape index (κ2) is 10.7. The fraction of sp³-hybridized carbons (Fsp3) is 0.263. The average Bonchev–Trinajstić information content (AvgIpc) is 2.72. The molecule has 174 valence electrons. The van der Waals surface area contributed by atoms with Gasteiger partial charge in [0.2, 0.25) is 15.9 Å². The number of hydrogen-bond acceptors (Lipinski definition) is 5. The third-order valence-corrected chi connectivity index (χ3v) is 5.73. The molecular formula is C19H19ClF3N3O5S. The van der Waals surface area contributed by atoms with Gasteiger partial charge in [0.1, 0.15) is 5.75 Å². The van der Waals surface area contributed by atoms with Crippen LogP contribution in [0.4, 0.5) is 13.2 Å². The van der Waals surface area contributed by atoms with Gasteiger partial charge in [-0.15, -0.1) is 0 Å². The van der Waals surface area contributed by atoms with Crippen LogP contribution >= 0.6 is 11.6 Å². The van der Waals surface area contributed by atoms with E-state index in [0.29, 0.717) is 18.4 Å². The van der Waals surface area contributed by atoms with Gasteiger partial charge in [-0.05, 0) is 49.4 Å². The molecule has 0 radical (unpaired) electrons. The van der Waals surface area contributed by atoms with E-state index in [4.69, 9.17) is 16.3 Å². The van der Waals surface area contributed by atoms with E-state index in [9.17, 15) is 31.2 Å². The number of carbonyl (C=O) groups excluding carboxylic acids is 2. The Bertz CT molecular complexity index is 1080. The van der Waals surface area contributed by atoms with Crippen molar-refractivity contribution in [3.05, 3.63) is 58.6 Å². The summed E-state index contributed by atoms with van der Waals surface area (Å²) in [6.07, 6.45) is -5.22. The largest absolute Gasteiger partial charge is 0.494 e. The zero-order chi connectivity index (χ0) is 23.9. The molecule has 0 aliphatic heterocycles. The summed E-state index contributed by atoms with van der Waals surface area (Å²) in [5.41, 5.74) is 3.23. The first-order valence-corrected chi connectivity index (χ1v) is 11.0. The van der Waals surface area contributed by atoms with Crippen molar-refractivity contribution in [2.24, 2.45) is 0 Å². The summed E-state index contributed by atoms with van der Waals surface area (Å²) in [7, 11) is -4.33. The summed E-state index contributed by atoms with van der Waals surface area (Å²) >= 11 is 5.47. The minimum atomic E-state index is -4.83. The fourth-order valence-electron chi connectivity index (χ4n) is 2.40. The number of alkyl halides is 3. The van der Waals surface area contributed by atoms with Crippen molar-refractivity contribution in [3.63, 3.8) is 0 Å². The van der Waals surface area contributed by atoms with E-state index in [0.717, 1.165) is 12.1 Å². The Labute approximate surface area is 187 Å². The molecule has 0 bridgehead atoms. The average molecular weight is 494 g/mol. The van der Waals surface area contributed by atoms with Crippen LogP contribution in [0.1, 0.15) is 29.3 Å². The molecule has 0 aliphatic rings. The Morgan fingerprint density at radius 3 is 2.31 bits per heavy atom. The summed E-state index contributed by atoms with van der Waals surface area (Å²) in [5.74, 6) is -0.759. The van der Waals surface area contributed by atoms with E-state index in [1.807, 2.05) is 11.6 Å². The van der Waals surface area contributed by atoms with E-state index in [1.165, 1.54) is 12.1 Å². The van der Waals surface area contributed by atoms with Crippen LogP contribution in [0.25, 0.3) is 0 Å². The van der Waals surface area contributed by atoms with E-state index in [-0.39, 0.29) is 12.0 Å². The van der Waals surface area contributed by atoms with E-state index in [2.05, 4.69) is 10.9 Å². The smallest absolute Gasteiger partial charge is 0.417 e. The number of halogens is 4. The summed E-state index contributed by atoms with van der Waals surface area (Å²) in [4.78, 5) is 23.2. The number of carbonyl (C=O) groups is 2. The zero-order valence-electron chi connectivity index (χ0n) is 16.6. The summed E-state index contributed by atoms with van der Waals surface area (Å²) < 4.78 is 70.4. The Balaban J connectivity index is 1.86. The second-order valence-corrected chi connectivity index (χ2v) is 8.42. The molecule has 0 aromatic heterocycles. The fourth-order valence-corrected chi connectivity index (χ4v) is 3.68. The number of benzene rings is 2. The van der Waals surface area contributed by atoms with Crippen LogP contribution in [0.3, 0.4) is 0 Å². The van der Waals surface area contributed by atoms with Gasteiger partial charge in [0.05, 0.1) is 22.1 Å². The van der Waals surface area contributed by atoms with Gasteiger partial charge >= 0.3 is 6.18 Å². The molecule has 2 rings (SSSR count). The molecule has 0 fully saturated rings. The van der Waals surface area contributed by atoms with Crippen LogP contribution in [0.2, 0.25) is 5.02 Å². The third-order valence-electron chi connectivity index (χ3n) is 3.94. The predicted octanol–water partition coefficient (Wildman–Crippen LogP) is 2.89. The highest BCUT2D eigenvalue weighted by atomic mass is 35.5. The molecular weight excluding hydrogens is 475 g/mol. The molecule has 0 saturated heterocycles. The van der Waals surface area contributed by atoms with Crippen molar-refractivity contribution in [2.45, 2.75) is 24.4 Å². The van der Waals surface area contributed by atoms with Crippen molar-refractivity contribution in [3.8, 4) is 5.75 Å². The van der Waals surface area contributed by atoms with Gasteiger partial charge in [0, 0.05) is 18.5 Å². The maximum absolute atomic E-state index is 12.9. The minimum absolute atomic E-state index is 0.248. The van der Waals surface area contributed by atoms with Crippen LogP contribution in [0.15, 0.2) is 47.4 Å². The number of hydrazine groups is 1. The number of nitrogens with one attached hydrogen (secondary N) is 3. The van der Waals surface area contributed by atoms with Gasteiger partial charge in [-0.1, -0.05) is 11.6 Å². The maximum Gasteiger partial charge on any atom is 0.417 e. The van der Waals surface area contributed by atoms with Crippen molar-refractivity contribution in [2.75, 3.05) is 13.2 Å². The lowest BCUT2D eigenvalue weighted by atomic mass is 10.2. The van der Waals surface area contributed by atoms with Gasteiger partial charge in [-0.25, -0.2) is 13.1 Å². The molecule has 3 N–H and O–H groups in total. The van der Waals surface area contributed by atoms with Crippen molar-refractivity contribution in [1.82, 2.24) is 15.6 Å². The summed E-state index contributed by atoms with van der Waals surface area (Å²) in [5, 5.41) is -0.640. The Morgan fingerprint density at radius 1 is 1.06 bits per heavy atom. The molecule has 0 spiro atoms. The zero-order valence-corrected chi connectivity index (χ0v) is 18.2. The van der Waals surface area contributed by atoms with Crippen LogP contribution < -0.4 is 20.3 Å². The quantitative estimate of drug-likeness (QED) is 0.489. The van der Waals surface area contributed by atoms with Crippen LogP contribution in [-0.2, 0) is 21.0 Å². The normalized spacial score (nSPS) is 11.7. The molecule has 0 saturated carbocycles. The number of hydrogen-bond donors (Lipinski definition) is 3. The molecule has 8 nitrogen and oxygen atoms in total. The lowest BCUT2D eigenvalue weighted by Crippen LogP contribution is -2.42. The number of rotatable bonds is 8. The van der Waals surface area contributed by atoms with Crippen molar-refractivity contribution >= 4 is 33.4 Å². The number of sulfonamides is 1.